The lowest BCUT2D eigenvalue weighted by Gasteiger charge is -2.08. The lowest BCUT2D eigenvalue weighted by Crippen LogP contribution is -1.90. The molecular weight excluding hydrogens is 284 g/mol. The lowest BCUT2D eigenvalue weighted by atomic mass is 10.0. The normalized spacial score (nSPS) is 10.9. The Bertz CT molecular complexity index is 479. The van der Waals surface area contributed by atoms with Crippen molar-refractivity contribution in [1.82, 2.24) is 0 Å². The van der Waals surface area contributed by atoms with Gasteiger partial charge in [0.25, 0.3) is 0 Å². The van der Waals surface area contributed by atoms with E-state index < -0.39 is 0 Å². The highest BCUT2D eigenvalue weighted by Gasteiger charge is 2.04. The SMILES string of the molecule is ClCCCCc1c(Br)ccc2ccccc12. The van der Waals surface area contributed by atoms with Gasteiger partial charge in [0.15, 0.2) is 0 Å². The summed E-state index contributed by atoms with van der Waals surface area (Å²) in [6, 6.07) is 12.8. The van der Waals surface area contributed by atoms with Crippen LogP contribution in [0.2, 0.25) is 0 Å². The van der Waals surface area contributed by atoms with Crippen molar-refractivity contribution in [1.29, 1.82) is 0 Å². The Labute approximate surface area is 110 Å². The maximum atomic E-state index is 5.71. The van der Waals surface area contributed by atoms with Crippen molar-refractivity contribution in [2.45, 2.75) is 19.3 Å². The predicted molar refractivity (Wildman–Crippen MR) is 75.3 cm³/mol. The van der Waals surface area contributed by atoms with Crippen LogP contribution in [0.5, 0.6) is 0 Å². The highest BCUT2D eigenvalue weighted by molar-refractivity contribution is 9.10. The lowest BCUT2D eigenvalue weighted by molar-refractivity contribution is 0.801. The van der Waals surface area contributed by atoms with E-state index in [0.29, 0.717) is 0 Å². The van der Waals surface area contributed by atoms with Crippen molar-refractivity contribution >= 4 is 38.3 Å². The molecule has 0 radical (unpaired) electrons. The molecule has 0 aliphatic heterocycles. The molecule has 2 aromatic carbocycles. The fourth-order valence-electron chi connectivity index (χ4n) is 1.96. The summed E-state index contributed by atoms with van der Waals surface area (Å²) in [6.45, 7) is 0. The molecular formula is C14H14BrCl. The molecule has 0 heterocycles. The molecule has 0 unspecified atom stereocenters. The highest BCUT2D eigenvalue weighted by atomic mass is 79.9. The van der Waals surface area contributed by atoms with Crippen LogP contribution in [0.1, 0.15) is 18.4 Å². The summed E-state index contributed by atoms with van der Waals surface area (Å²) in [6.07, 6.45) is 3.32. The smallest absolute Gasteiger partial charge is 0.0223 e. The number of hydrogen-bond donors (Lipinski definition) is 0. The Morgan fingerprint density at radius 1 is 1.00 bits per heavy atom. The second kappa shape index (κ2) is 5.70. The van der Waals surface area contributed by atoms with E-state index in [0.717, 1.165) is 25.1 Å². The largest absolute Gasteiger partial charge is 0.127 e. The Kier molecular flexibility index (Phi) is 4.25. The van der Waals surface area contributed by atoms with Crippen LogP contribution in [-0.4, -0.2) is 5.88 Å². The van der Waals surface area contributed by atoms with Gasteiger partial charge in [0.2, 0.25) is 0 Å². The molecule has 2 aromatic rings. The van der Waals surface area contributed by atoms with Crippen molar-refractivity contribution in [2.75, 3.05) is 5.88 Å². The van der Waals surface area contributed by atoms with E-state index in [1.54, 1.807) is 0 Å². The maximum absolute atomic E-state index is 5.71. The third-order valence-corrected chi connectivity index (χ3v) is 3.80. The van der Waals surface area contributed by atoms with E-state index in [1.807, 2.05) is 0 Å². The molecule has 0 aliphatic rings. The average molecular weight is 298 g/mol. The molecule has 0 amide bonds. The van der Waals surface area contributed by atoms with Crippen molar-refractivity contribution in [2.24, 2.45) is 0 Å². The molecule has 0 nitrogen and oxygen atoms in total. The van der Waals surface area contributed by atoms with Crippen molar-refractivity contribution in [3.8, 4) is 0 Å². The zero-order valence-electron chi connectivity index (χ0n) is 9.05. The zero-order valence-corrected chi connectivity index (χ0v) is 11.4. The summed E-state index contributed by atoms with van der Waals surface area (Å²) >= 11 is 9.35. The van der Waals surface area contributed by atoms with Gasteiger partial charge in [0.05, 0.1) is 0 Å². The van der Waals surface area contributed by atoms with E-state index in [1.165, 1.54) is 20.8 Å². The molecule has 2 heteroatoms. The topological polar surface area (TPSA) is 0 Å². The van der Waals surface area contributed by atoms with Gasteiger partial charge in [-0.3, -0.25) is 0 Å². The molecule has 0 fully saturated rings. The van der Waals surface area contributed by atoms with E-state index in [9.17, 15) is 0 Å². The predicted octanol–water partition coefficient (Wildman–Crippen LogP) is 5.16. The van der Waals surface area contributed by atoms with Gasteiger partial charge >= 0.3 is 0 Å². The van der Waals surface area contributed by atoms with Gasteiger partial charge in [-0.05, 0) is 41.7 Å². The second-order valence-electron chi connectivity index (χ2n) is 3.89. The van der Waals surface area contributed by atoms with Crippen LogP contribution in [-0.2, 0) is 6.42 Å². The van der Waals surface area contributed by atoms with Crippen molar-refractivity contribution in [3.05, 3.63) is 46.4 Å². The van der Waals surface area contributed by atoms with Gasteiger partial charge in [-0.25, -0.2) is 0 Å². The summed E-state index contributed by atoms with van der Waals surface area (Å²) in [5, 5.41) is 2.66. The molecule has 0 N–H and O–H groups in total. The van der Waals surface area contributed by atoms with Gasteiger partial charge in [-0.2, -0.15) is 0 Å². The zero-order chi connectivity index (χ0) is 11.4. The van der Waals surface area contributed by atoms with Crippen LogP contribution >= 0.6 is 27.5 Å². The van der Waals surface area contributed by atoms with Gasteiger partial charge in [-0.1, -0.05) is 46.3 Å². The van der Waals surface area contributed by atoms with Crippen LogP contribution in [0.4, 0.5) is 0 Å². The van der Waals surface area contributed by atoms with Gasteiger partial charge in [0, 0.05) is 10.4 Å². The summed E-state index contributed by atoms with van der Waals surface area (Å²) < 4.78 is 1.21. The Morgan fingerprint density at radius 2 is 1.81 bits per heavy atom. The van der Waals surface area contributed by atoms with Crippen LogP contribution < -0.4 is 0 Å². The van der Waals surface area contributed by atoms with E-state index >= 15 is 0 Å². The molecule has 0 saturated heterocycles. The van der Waals surface area contributed by atoms with Crippen LogP contribution in [0, 0.1) is 0 Å². The first-order valence-electron chi connectivity index (χ1n) is 5.55. The number of rotatable bonds is 4. The second-order valence-corrected chi connectivity index (χ2v) is 5.13. The van der Waals surface area contributed by atoms with Crippen LogP contribution in [0.25, 0.3) is 10.8 Å². The number of fused-ring (bicyclic) bond motifs is 1. The van der Waals surface area contributed by atoms with Gasteiger partial charge in [0.1, 0.15) is 0 Å². The van der Waals surface area contributed by atoms with Gasteiger partial charge in [-0.15, -0.1) is 11.6 Å². The highest BCUT2D eigenvalue weighted by Crippen LogP contribution is 2.27. The van der Waals surface area contributed by atoms with Crippen LogP contribution in [0.3, 0.4) is 0 Å². The monoisotopic (exact) mass is 296 g/mol. The van der Waals surface area contributed by atoms with E-state index in [-0.39, 0.29) is 0 Å². The fourth-order valence-corrected chi connectivity index (χ4v) is 2.69. The maximum Gasteiger partial charge on any atom is 0.0223 e. The first-order valence-corrected chi connectivity index (χ1v) is 6.88. The third kappa shape index (κ3) is 2.58. The number of alkyl halides is 1. The first-order chi connectivity index (χ1) is 7.83. The molecule has 0 bridgehead atoms. The Balaban J connectivity index is 2.37. The molecule has 0 saturated carbocycles. The molecule has 0 spiro atoms. The average Bonchev–Trinajstić information content (AvgIpc) is 2.32. The minimum atomic E-state index is 0.752. The molecule has 0 aromatic heterocycles. The Hall–Kier alpha value is -0.530. The molecule has 0 aliphatic carbocycles. The minimum Gasteiger partial charge on any atom is -0.127 e. The van der Waals surface area contributed by atoms with Crippen LogP contribution in [0.15, 0.2) is 40.9 Å². The molecule has 0 atom stereocenters. The standard InChI is InChI=1S/C14H14BrCl/c15-14-9-8-11-5-1-2-6-12(11)13(14)7-3-4-10-16/h1-2,5-6,8-9H,3-4,7,10H2. The number of halogens is 2. The van der Waals surface area contributed by atoms with Crippen molar-refractivity contribution in [3.63, 3.8) is 0 Å². The fraction of sp³-hybridized carbons (Fsp3) is 0.286. The summed E-state index contributed by atoms with van der Waals surface area (Å²) in [5.74, 6) is 0.752. The quantitative estimate of drug-likeness (QED) is 0.540. The molecule has 2 rings (SSSR count). The van der Waals surface area contributed by atoms with Crippen molar-refractivity contribution < 1.29 is 0 Å². The minimum absolute atomic E-state index is 0.752. The summed E-state index contributed by atoms with van der Waals surface area (Å²) in [7, 11) is 0. The van der Waals surface area contributed by atoms with Gasteiger partial charge < -0.3 is 0 Å². The number of unbranched alkanes of at least 4 members (excludes halogenated alkanes) is 1. The Morgan fingerprint density at radius 3 is 2.62 bits per heavy atom. The van der Waals surface area contributed by atoms with E-state index in [2.05, 4.69) is 52.3 Å². The first kappa shape index (κ1) is 11.9. The van der Waals surface area contributed by atoms with E-state index in [4.69, 9.17) is 11.6 Å². The molecule has 84 valence electrons. The number of hydrogen-bond acceptors (Lipinski definition) is 0. The molecule has 16 heavy (non-hydrogen) atoms. The summed E-state index contributed by atoms with van der Waals surface area (Å²) in [4.78, 5) is 0. The third-order valence-electron chi connectivity index (χ3n) is 2.79. The number of benzene rings is 2. The summed E-state index contributed by atoms with van der Waals surface area (Å²) in [5.41, 5.74) is 1.41. The number of aryl methyl sites for hydroxylation is 1.